The maximum atomic E-state index is 10.9. The second-order valence-electron chi connectivity index (χ2n) is 2.76. The van der Waals surface area contributed by atoms with E-state index >= 15 is 0 Å². The fourth-order valence-corrected chi connectivity index (χ4v) is 4.29. The Kier molecular flexibility index (Phi) is 3.14. The Bertz CT molecular complexity index is 490. The highest BCUT2D eigenvalue weighted by Gasteiger charge is 2.09. The summed E-state index contributed by atoms with van der Waals surface area (Å²) in [7, 11) is 0. The number of aldehydes is 1. The minimum absolute atomic E-state index is 0.797. The predicted octanol–water partition coefficient (Wildman–Crippen LogP) is 4.04. The first kappa shape index (κ1) is 10.4. The van der Waals surface area contributed by atoms with Crippen molar-refractivity contribution in [3.8, 4) is 0 Å². The van der Waals surface area contributed by atoms with Crippen LogP contribution in [0, 0.1) is 3.57 Å². The Morgan fingerprint density at radius 2 is 2.36 bits per heavy atom. The standard InChI is InChI=1S/C10H7IOS2/c1-13-8-4-6(5-12)7-2-3-14-10(7)9(8)11/h2-5H,1H3. The molecule has 0 spiro atoms. The fraction of sp³-hybridized carbons (Fsp3) is 0.100. The molecule has 0 aliphatic carbocycles. The molecule has 0 saturated heterocycles. The molecule has 0 aliphatic heterocycles. The van der Waals surface area contributed by atoms with Crippen LogP contribution in [0.15, 0.2) is 22.4 Å². The summed E-state index contributed by atoms with van der Waals surface area (Å²) in [6.45, 7) is 0. The molecule has 0 N–H and O–H groups in total. The van der Waals surface area contributed by atoms with Gasteiger partial charge in [0.05, 0.1) is 0 Å². The van der Waals surface area contributed by atoms with E-state index in [4.69, 9.17) is 0 Å². The molecule has 0 atom stereocenters. The van der Waals surface area contributed by atoms with Gasteiger partial charge in [0.2, 0.25) is 0 Å². The minimum Gasteiger partial charge on any atom is -0.298 e. The highest BCUT2D eigenvalue weighted by atomic mass is 127. The van der Waals surface area contributed by atoms with E-state index in [0.29, 0.717) is 0 Å². The number of hydrogen-bond donors (Lipinski definition) is 0. The van der Waals surface area contributed by atoms with E-state index in [1.165, 1.54) is 13.2 Å². The molecule has 1 nitrogen and oxygen atoms in total. The van der Waals surface area contributed by atoms with Gasteiger partial charge in [-0.2, -0.15) is 0 Å². The Hall–Kier alpha value is -0.0700. The Morgan fingerprint density at radius 1 is 1.57 bits per heavy atom. The van der Waals surface area contributed by atoms with Crippen LogP contribution in [-0.4, -0.2) is 12.5 Å². The summed E-state index contributed by atoms with van der Waals surface area (Å²) in [4.78, 5) is 12.1. The highest BCUT2D eigenvalue weighted by molar-refractivity contribution is 14.1. The van der Waals surface area contributed by atoms with Crippen molar-refractivity contribution in [1.82, 2.24) is 0 Å². The van der Waals surface area contributed by atoms with Crippen molar-refractivity contribution < 1.29 is 4.79 Å². The molecule has 0 aliphatic rings. The van der Waals surface area contributed by atoms with Crippen molar-refractivity contribution in [1.29, 1.82) is 0 Å². The summed E-state index contributed by atoms with van der Waals surface area (Å²) < 4.78 is 2.48. The molecular formula is C10H7IOS2. The molecule has 0 amide bonds. The largest absolute Gasteiger partial charge is 0.298 e. The van der Waals surface area contributed by atoms with Crippen LogP contribution in [0.5, 0.6) is 0 Å². The number of halogens is 1. The Balaban J connectivity index is 2.86. The van der Waals surface area contributed by atoms with Crippen LogP contribution in [0.3, 0.4) is 0 Å². The number of benzene rings is 1. The molecule has 0 fully saturated rings. The van der Waals surface area contributed by atoms with Crippen molar-refractivity contribution in [2.75, 3.05) is 6.26 Å². The van der Waals surface area contributed by atoms with Crippen LogP contribution in [0.2, 0.25) is 0 Å². The van der Waals surface area contributed by atoms with Gasteiger partial charge in [-0.05, 0) is 46.4 Å². The lowest BCUT2D eigenvalue weighted by molar-refractivity contribution is 0.112. The van der Waals surface area contributed by atoms with Crippen LogP contribution in [0.1, 0.15) is 10.4 Å². The van der Waals surface area contributed by atoms with Crippen LogP contribution in [0.25, 0.3) is 10.1 Å². The lowest BCUT2D eigenvalue weighted by Gasteiger charge is -2.04. The van der Waals surface area contributed by atoms with Gasteiger partial charge in [0, 0.05) is 24.1 Å². The van der Waals surface area contributed by atoms with Crippen molar-refractivity contribution in [3.05, 3.63) is 26.6 Å². The van der Waals surface area contributed by atoms with Gasteiger partial charge in [-0.1, -0.05) is 0 Å². The lowest BCUT2D eigenvalue weighted by atomic mass is 10.1. The molecule has 2 rings (SSSR count). The quantitative estimate of drug-likeness (QED) is 0.468. The number of carbonyl (C=O) groups is 1. The number of carbonyl (C=O) groups excluding carboxylic acids is 1. The van der Waals surface area contributed by atoms with Crippen LogP contribution >= 0.6 is 45.7 Å². The van der Waals surface area contributed by atoms with Gasteiger partial charge >= 0.3 is 0 Å². The molecule has 1 aromatic carbocycles. The summed E-state index contributed by atoms with van der Waals surface area (Å²) in [6.07, 6.45) is 2.97. The minimum atomic E-state index is 0.797. The van der Waals surface area contributed by atoms with Crippen molar-refractivity contribution in [3.63, 3.8) is 0 Å². The average molecular weight is 334 g/mol. The Labute approximate surface area is 104 Å². The first-order valence-corrected chi connectivity index (χ1v) is 7.15. The zero-order chi connectivity index (χ0) is 10.1. The SMILES string of the molecule is CSc1cc(C=O)c2ccsc2c1I. The maximum absolute atomic E-state index is 10.9. The topological polar surface area (TPSA) is 17.1 Å². The molecular weight excluding hydrogens is 327 g/mol. The van der Waals surface area contributed by atoms with E-state index in [1.54, 1.807) is 23.1 Å². The maximum Gasteiger partial charge on any atom is 0.150 e. The van der Waals surface area contributed by atoms with Gasteiger partial charge in [-0.15, -0.1) is 23.1 Å². The second-order valence-corrected chi connectivity index (χ2v) is 5.61. The van der Waals surface area contributed by atoms with Crippen LogP contribution in [0.4, 0.5) is 0 Å². The van der Waals surface area contributed by atoms with Crippen LogP contribution < -0.4 is 0 Å². The smallest absolute Gasteiger partial charge is 0.150 e. The van der Waals surface area contributed by atoms with Gasteiger partial charge < -0.3 is 0 Å². The van der Waals surface area contributed by atoms with E-state index in [2.05, 4.69) is 22.6 Å². The molecule has 2 aromatic rings. The van der Waals surface area contributed by atoms with Gasteiger partial charge in [0.25, 0.3) is 0 Å². The van der Waals surface area contributed by atoms with Gasteiger partial charge in [0.1, 0.15) is 0 Å². The summed E-state index contributed by atoms with van der Waals surface area (Å²) >= 11 is 5.72. The normalized spacial score (nSPS) is 10.7. The van der Waals surface area contributed by atoms with E-state index in [9.17, 15) is 4.79 Å². The van der Waals surface area contributed by atoms with Crippen LogP contribution in [-0.2, 0) is 0 Å². The summed E-state index contributed by atoms with van der Waals surface area (Å²) in [6, 6.07) is 3.98. The molecule has 14 heavy (non-hydrogen) atoms. The molecule has 0 unspecified atom stereocenters. The third kappa shape index (κ3) is 1.59. The van der Waals surface area contributed by atoms with E-state index in [1.807, 2.05) is 23.8 Å². The van der Waals surface area contributed by atoms with Gasteiger partial charge in [-0.3, -0.25) is 4.79 Å². The summed E-state index contributed by atoms with van der Waals surface area (Å²) in [5, 5.41) is 3.11. The van der Waals surface area contributed by atoms with Gasteiger partial charge in [0.15, 0.2) is 6.29 Å². The summed E-state index contributed by atoms with van der Waals surface area (Å²) in [5.74, 6) is 0. The number of fused-ring (bicyclic) bond motifs is 1. The number of rotatable bonds is 2. The average Bonchev–Trinajstić information content (AvgIpc) is 2.68. The number of thioether (sulfide) groups is 1. The molecule has 4 heteroatoms. The van der Waals surface area contributed by atoms with Crippen molar-refractivity contribution >= 4 is 62.1 Å². The second kappa shape index (κ2) is 4.20. The number of hydrogen-bond acceptors (Lipinski definition) is 3. The number of thiophene rings is 1. The third-order valence-electron chi connectivity index (χ3n) is 2.03. The summed E-state index contributed by atoms with van der Waals surface area (Å²) in [5.41, 5.74) is 0.797. The van der Waals surface area contributed by atoms with E-state index < -0.39 is 0 Å². The molecule has 1 aromatic heterocycles. The molecule has 72 valence electrons. The zero-order valence-corrected chi connectivity index (χ0v) is 11.2. The van der Waals surface area contributed by atoms with Crippen molar-refractivity contribution in [2.45, 2.75) is 4.90 Å². The monoisotopic (exact) mass is 334 g/mol. The molecule has 1 heterocycles. The highest BCUT2D eigenvalue weighted by Crippen LogP contribution is 2.34. The van der Waals surface area contributed by atoms with Crippen molar-refractivity contribution in [2.24, 2.45) is 0 Å². The first-order valence-electron chi connectivity index (χ1n) is 3.96. The predicted molar refractivity (Wildman–Crippen MR) is 71.7 cm³/mol. The fourth-order valence-electron chi connectivity index (χ4n) is 1.35. The molecule has 0 radical (unpaired) electrons. The van der Waals surface area contributed by atoms with E-state index in [0.717, 1.165) is 17.2 Å². The Morgan fingerprint density at radius 3 is 3.00 bits per heavy atom. The third-order valence-corrected chi connectivity index (χ3v) is 5.57. The van der Waals surface area contributed by atoms with E-state index in [-0.39, 0.29) is 0 Å². The first-order chi connectivity index (χ1) is 6.77. The molecule has 0 bridgehead atoms. The zero-order valence-electron chi connectivity index (χ0n) is 7.41. The van der Waals surface area contributed by atoms with Gasteiger partial charge in [-0.25, -0.2) is 0 Å². The lowest BCUT2D eigenvalue weighted by Crippen LogP contribution is -1.86. The molecule has 0 saturated carbocycles.